The van der Waals surface area contributed by atoms with Crippen LogP contribution in [0.15, 0.2) is 90.1 Å². The molecule has 5 rings (SSSR count). The molecule has 34 heavy (non-hydrogen) atoms. The van der Waals surface area contributed by atoms with Crippen LogP contribution in [0, 0.1) is 6.92 Å². The van der Waals surface area contributed by atoms with Crippen molar-refractivity contribution in [2.24, 2.45) is 0 Å². The topological polar surface area (TPSA) is 110 Å². The van der Waals surface area contributed by atoms with E-state index >= 15 is 0 Å². The van der Waals surface area contributed by atoms with Gasteiger partial charge in [-0.2, -0.15) is 0 Å². The van der Waals surface area contributed by atoms with Gasteiger partial charge >= 0.3 is 5.69 Å². The largest absolute Gasteiger partial charge is 0.345 e. The summed E-state index contributed by atoms with van der Waals surface area (Å²) < 4.78 is 3.09. The van der Waals surface area contributed by atoms with Gasteiger partial charge in [-0.25, -0.2) is 14.9 Å². The summed E-state index contributed by atoms with van der Waals surface area (Å²) in [5.74, 6) is -0.215. The summed E-state index contributed by atoms with van der Waals surface area (Å²) in [6, 6.07) is 20.9. The molecule has 0 aliphatic heterocycles. The number of imidazole rings is 1. The number of amides is 1. The highest BCUT2D eigenvalue weighted by Gasteiger charge is 2.21. The number of carbonyl (C=O) groups excluding carboxylic acids is 1. The molecule has 0 aliphatic rings. The Hall–Kier alpha value is -4.79. The smallest absolute Gasteiger partial charge is 0.295 e. The van der Waals surface area contributed by atoms with E-state index in [2.05, 4.69) is 25.5 Å². The molecule has 2 aromatic carbocycles. The number of H-pyrrole nitrogens is 1. The van der Waals surface area contributed by atoms with E-state index in [9.17, 15) is 9.59 Å². The number of anilines is 1. The van der Waals surface area contributed by atoms with E-state index in [0.717, 1.165) is 22.4 Å². The number of para-hydroxylation sites is 1. The Morgan fingerprint density at radius 3 is 2.47 bits per heavy atom. The van der Waals surface area contributed by atoms with E-state index in [1.165, 1.54) is 4.57 Å². The zero-order valence-corrected chi connectivity index (χ0v) is 18.3. The van der Waals surface area contributed by atoms with Crippen LogP contribution in [0.2, 0.25) is 0 Å². The van der Waals surface area contributed by atoms with Gasteiger partial charge in [0.2, 0.25) is 11.8 Å². The summed E-state index contributed by atoms with van der Waals surface area (Å²) in [6.45, 7) is 2.26. The molecular weight excluding hydrogens is 430 g/mol. The first-order valence-corrected chi connectivity index (χ1v) is 10.7. The molecule has 0 spiro atoms. The maximum atomic E-state index is 13.3. The predicted octanol–water partition coefficient (Wildman–Crippen LogP) is 3.43. The number of aromatic nitrogens is 6. The van der Waals surface area contributed by atoms with Crippen LogP contribution in [0.3, 0.4) is 0 Å². The van der Waals surface area contributed by atoms with Gasteiger partial charge < -0.3 is 0 Å². The van der Waals surface area contributed by atoms with Crippen LogP contribution in [-0.4, -0.2) is 35.2 Å². The summed E-state index contributed by atoms with van der Waals surface area (Å²) in [4.78, 5) is 34.3. The minimum atomic E-state index is -0.492. The van der Waals surface area contributed by atoms with Crippen molar-refractivity contribution in [3.8, 4) is 16.9 Å². The van der Waals surface area contributed by atoms with Crippen molar-refractivity contribution in [2.75, 3.05) is 5.32 Å². The Morgan fingerprint density at radius 1 is 1.00 bits per heavy atom. The molecule has 0 saturated heterocycles. The van der Waals surface area contributed by atoms with Crippen molar-refractivity contribution in [3.05, 3.63) is 113 Å². The minimum Gasteiger partial charge on any atom is -0.295 e. The van der Waals surface area contributed by atoms with Crippen LogP contribution in [0.4, 0.5) is 5.95 Å². The van der Waals surface area contributed by atoms with Crippen LogP contribution in [-0.2, 0) is 6.54 Å². The molecule has 0 fully saturated rings. The fourth-order valence-corrected chi connectivity index (χ4v) is 3.58. The van der Waals surface area contributed by atoms with Crippen LogP contribution in [0.5, 0.6) is 0 Å². The average Bonchev–Trinajstić information content (AvgIpc) is 3.46. The van der Waals surface area contributed by atoms with Gasteiger partial charge in [0.05, 0.1) is 12.2 Å². The van der Waals surface area contributed by atoms with E-state index in [4.69, 9.17) is 0 Å². The molecule has 0 saturated carbocycles. The molecule has 1 amide bonds. The normalized spacial score (nSPS) is 10.9. The predicted molar refractivity (Wildman–Crippen MR) is 128 cm³/mol. The second-order valence-corrected chi connectivity index (χ2v) is 7.77. The fourth-order valence-electron chi connectivity index (χ4n) is 3.58. The van der Waals surface area contributed by atoms with Crippen LogP contribution in [0.1, 0.15) is 21.7 Å². The molecule has 0 aliphatic carbocycles. The summed E-state index contributed by atoms with van der Waals surface area (Å²) in [5.41, 5.74) is 3.84. The number of nitrogens with one attached hydrogen (secondary N) is 2. The first-order chi connectivity index (χ1) is 16.6. The molecule has 3 aromatic heterocycles. The number of carbonyl (C=O) groups is 1. The number of aromatic amines is 1. The maximum absolute atomic E-state index is 13.3. The van der Waals surface area contributed by atoms with Gasteiger partial charge in [0.15, 0.2) is 0 Å². The number of hydrogen-bond donors (Lipinski definition) is 2. The van der Waals surface area contributed by atoms with Gasteiger partial charge in [-0.1, -0.05) is 48.0 Å². The van der Waals surface area contributed by atoms with Crippen molar-refractivity contribution in [2.45, 2.75) is 13.5 Å². The van der Waals surface area contributed by atoms with Gasteiger partial charge in [-0.3, -0.25) is 24.2 Å². The van der Waals surface area contributed by atoms with Crippen molar-refractivity contribution >= 4 is 11.9 Å². The lowest BCUT2D eigenvalue weighted by atomic mass is 10.1. The molecule has 0 radical (unpaired) electrons. The van der Waals surface area contributed by atoms with Gasteiger partial charge in [-0.05, 0) is 36.8 Å². The Bertz CT molecular complexity index is 1480. The third-order valence-corrected chi connectivity index (χ3v) is 5.36. The van der Waals surface area contributed by atoms with Crippen LogP contribution < -0.4 is 11.0 Å². The summed E-state index contributed by atoms with van der Waals surface area (Å²) >= 11 is 0. The monoisotopic (exact) mass is 451 g/mol. The highest BCUT2D eigenvalue weighted by Crippen LogP contribution is 2.22. The van der Waals surface area contributed by atoms with Crippen LogP contribution >= 0.6 is 0 Å². The Balaban J connectivity index is 1.49. The Labute approximate surface area is 194 Å². The van der Waals surface area contributed by atoms with Crippen molar-refractivity contribution in [3.63, 3.8) is 0 Å². The highest BCUT2D eigenvalue weighted by molar-refractivity contribution is 6.01. The van der Waals surface area contributed by atoms with Crippen molar-refractivity contribution in [1.29, 1.82) is 0 Å². The third-order valence-electron chi connectivity index (χ3n) is 5.36. The number of benzene rings is 2. The van der Waals surface area contributed by atoms with Crippen LogP contribution in [0.25, 0.3) is 16.9 Å². The number of rotatable bonds is 6. The van der Waals surface area contributed by atoms with Crippen molar-refractivity contribution < 1.29 is 4.79 Å². The number of nitrogens with zero attached hydrogens (tertiary/aromatic N) is 5. The molecule has 9 heteroatoms. The number of hydrogen-bond acceptors (Lipinski definition) is 5. The standard InChI is InChI=1S/C25H21N7O2/c1-17-7-9-18(10-8-17)15-32-24(29-30-25(32)34)28-23(33)22-27-21(19-11-13-26-14-12-19)16-31(22)20-5-3-2-4-6-20/h2-14,16H,15H2,1H3,(H,30,34)(H,28,29,33). The van der Waals surface area contributed by atoms with E-state index in [0.29, 0.717) is 5.69 Å². The molecule has 168 valence electrons. The zero-order chi connectivity index (χ0) is 23.5. The number of pyridine rings is 1. The summed E-state index contributed by atoms with van der Waals surface area (Å²) in [5, 5.41) is 9.16. The molecular formula is C25H21N7O2. The molecule has 2 N–H and O–H groups in total. The lowest BCUT2D eigenvalue weighted by Crippen LogP contribution is -2.24. The van der Waals surface area contributed by atoms with E-state index < -0.39 is 11.6 Å². The molecule has 0 atom stereocenters. The Kier molecular flexibility index (Phi) is 5.57. The lowest BCUT2D eigenvalue weighted by Gasteiger charge is -2.09. The fraction of sp³-hybridized carbons (Fsp3) is 0.0800. The third kappa shape index (κ3) is 4.26. The first-order valence-electron chi connectivity index (χ1n) is 10.7. The van der Waals surface area contributed by atoms with Gasteiger partial charge in [0.1, 0.15) is 0 Å². The average molecular weight is 451 g/mol. The van der Waals surface area contributed by atoms with E-state index in [1.807, 2.05) is 73.7 Å². The maximum Gasteiger partial charge on any atom is 0.345 e. The molecule has 9 nitrogen and oxygen atoms in total. The minimum absolute atomic E-state index is 0.114. The van der Waals surface area contributed by atoms with Gasteiger partial charge in [0.25, 0.3) is 5.91 Å². The molecule has 3 heterocycles. The second kappa shape index (κ2) is 8.99. The molecule has 5 aromatic rings. The summed E-state index contributed by atoms with van der Waals surface area (Å²) in [7, 11) is 0. The Morgan fingerprint density at radius 2 is 1.74 bits per heavy atom. The van der Waals surface area contributed by atoms with Crippen molar-refractivity contribution in [1.82, 2.24) is 29.3 Å². The zero-order valence-electron chi connectivity index (χ0n) is 18.3. The van der Waals surface area contributed by atoms with E-state index in [-0.39, 0.29) is 18.3 Å². The second-order valence-electron chi connectivity index (χ2n) is 7.77. The quantitative estimate of drug-likeness (QED) is 0.411. The molecule has 0 unspecified atom stereocenters. The molecule has 0 bridgehead atoms. The van der Waals surface area contributed by atoms with Gasteiger partial charge in [-0.15, -0.1) is 5.10 Å². The lowest BCUT2D eigenvalue weighted by molar-refractivity contribution is 0.101. The summed E-state index contributed by atoms with van der Waals surface area (Å²) in [6.07, 6.45) is 5.14. The SMILES string of the molecule is Cc1ccc(Cn2c(NC(=O)c3nc(-c4ccncc4)cn3-c3ccccc3)n[nH]c2=O)cc1. The first kappa shape index (κ1) is 21.1. The number of aryl methyl sites for hydroxylation is 1. The van der Waals surface area contributed by atoms with E-state index in [1.54, 1.807) is 23.2 Å². The van der Waals surface area contributed by atoms with Gasteiger partial charge in [0, 0.05) is 29.8 Å². The highest BCUT2D eigenvalue weighted by atomic mass is 16.2.